The van der Waals surface area contributed by atoms with E-state index in [1.54, 1.807) is 0 Å². The van der Waals surface area contributed by atoms with Gasteiger partial charge in [0, 0.05) is 27.7 Å². The van der Waals surface area contributed by atoms with Crippen LogP contribution in [0.3, 0.4) is 0 Å². The molecule has 0 saturated heterocycles. The van der Waals surface area contributed by atoms with Crippen molar-refractivity contribution in [2.24, 2.45) is 0 Å². The zero-order valence-corrected chi connectivity index (χ0v) is 30.7. The highest BCUT2D eigenvalue weighted by atomic mass is 28.3. The molecule has 0 amide bonds. The third-order valence-electron chi connectivity index (χ3n) is 11.8. The van der Waals surface area contributed by atoms with Gasteiger partial charge in [0.1, 0.15) is 17.1 Å². The maximum absolute atomic E-state index is 7.07. The lowest BCUT2D eigenvalue weighted by atomic mass is 9.34. The first kappa shape index (κ1) is 29.9. The van der Waals surface area contributed by atoms with Crippen LogP contribution in [-0.2, 0) is 5.41 Å². The van der Waals surface area contributed by atoms with Gasteiger partial charge in [-0.25, -0.2) is 0 Å². The molecule has 11 rings (SSSR count). The van der Waals surface area contributed by atoms with Crippen molar-refractivity contribution in [3.8, 4) is 11.5 Å². The van der Waals surface area contributed by atoms with Crippen LogP contribution in [0.15, 0.2) is 150 Å². The Labute approximate surface area is 305 Å². The maximum atomic E-state index is 7.07. The Kier molecular flexibility index (Phi) is 5.98. The molecule has 4 heterocycles. The Bertz CT molecular complexity index is 2740. The number of benzene rings is 7. The SMILES string of the molecule is Cc1cc2c3c(c1)N(c1cccc4c1oc1c(C(C)(C)C)cccc14)c1cccc4c1B3c1c(cccc1[Si]4(c1ccccc1)c1ccccc1)O2. The van der Waals surface area contributed by atoms with Crippen LogP contribution in [0, 0.1) is 6.92 Å². The molecule has 7 aromatic carbocycles. The molecule has 3 aliphatic heterocycles. The molecule has 3 nitrogen and oxygen atoms in total. The van der Waals surface area contributed by atoms with Gasteiger partial charge in [0.15, 0.2) is 13.7 Å². The topological polar surface area (TPSA) is 25.6 Å². The van der Waals surface area contributed by atoms with Crippen molar-refractivity contribution in [1.82, 2.24) is 0 Å². The Morgan fingerprint density at radius 1 is 0.538 bits per heavy atom. The lowest BCUT2D eigenvalue weighted by molar-refractivity contribution is 0.487. The summed E-state index contributed by atoms with van der Waals surface area (Å²) in [4.78, 5) is 2.49. The van der Waals surface area contributed by atoms with Gasteiger partial charge in [-0.05, 0) is 85.4 Å². The highest BCUT2D eigenvalue weighted by Crippen LogP contribution is 2.46. The molecule has 0 fully saturated rings. The van der Waals surface area contributed by atoms with E-state index in [-0.39, 0.29) is 12.1 Å². The Morgan fingerprint density at radius 2 is 1.15 bits per heavy atom. The molecule has 8 aromatic rings. The summed E-state index contributed by atoms with van der Waals surface area (Å²) in [5, 5.41) is 7.89. The summed E-state index contributed by atoms with van der Waals surface area (Å²) in [6, 6.07) is 54.2. The fraction of sp³-hybridized carbons (Fsp3) is 0.106. The summed E-state index contributed by atoms with van der Waals surface area (Å²) >= 11 is 0. The van der Waals surface area contributed by atoms with Crippen LogP contribution >= 0.6 is 0 Å². The van der Waals surface area contributed by atoms with Gasteiger partial charge in [0.25, 0.3) is 6.71 Å². The van der Waals surface area contributed by atoms with Crippen molar-refractivity contribution in [1.29, 1.82) is 0 Å². The number of rotatable bonds is 3. The monoisotopic (exact) mass is 685 g/mol. The van der Waals surface area contributed by atoms with Crippen molar-refractivity contribution in [3.63, 3.8) is 0 Å². The second kappa shape index (κ2) is 10.4. The average molecular weight is 686 g/mol. The van der Waals surface area contributed by atoms with Crippen LogP contribution in [-0.4, -0.2) is 14.8 Å². The number of aryl methyl sites for hydroxylation is 1. The molecule has 0 saturated carbocycles. The minimum Gasteiger partial charge on any atom is -0.458 e. The molecule has 0 N–H and O–H groups in total. The van der Waals surface area contributed by atoms with E-state index < -0.39 is 8.07 Å². The third kappa shape index (κ3) is 3.76. The summed E-state index contributed by atoms with van der Waals surface area (Å²) in [6.45, 7) is 9.01. The van der Waals surface area contributed by atoms with E-state index in [2.05, 4.69) is 178 Å². The number of anilines is 3. The fourth-order valence-electron chi connectivity index (χ4n) is 9.76. The molecule has 0 spiro atoms. The van der Waals surface area contributed by atoms with E-state index >= 15 is 0 Å². The average Bonchev–Trinajstić information content (AvgIpc) is 3.55. The number of hydrogen-bond donors (Lipinski definition) is 0. The fourth-order valence-corrected chi connectivity index (χ4v) is 15.1. The van der Waals surface area contributed by atoms with Gasteiger partial charge in [-0.15, -0.1) is 0 Å². The van der Waals surface area contributed by atoms with Gasteiger partial charge in [-0.3, -0.25) is 0 Å². The number of hydrogen-bond acceptors (Lipinski definition) is 3. The number of ether oxygens (including phenoxy) is 1. The summed E-state index contributed by atoms with van der Waals surface area (Å²) < 4.78 is 14.1. The van der Waals surface area contributed by atoms with E-state index in [1.807, 2.05) is 0 Å². The van der Waals surface area contributed by atoms with Crippen molar-refractivity contribution in [2.75, 3.05) is 4.90 Å². The summed E-state index contributed by atoms with van der Waals surface area (Å²) in [5.41, 5.74) is 11.5. The van der Waals surface area contributed by atoms with Gasteiger partial charge in [-0.1, -0.05) is 136 Å². The Morgan fingerprint density at radius 3 is 1.87 bits per heavy atom. The molecule has 0 radical (unpaired) electrons. The molecular weight excluding hydrogens is 649 g/mol. The van der Waals surface area contributed by atoms with Crippen LogP contribution in [0.2, 0.25) is 0 Å². The van der Waals surface area contributed by atoms with Gasteiger partial charge in [0.2, 0.25) is 0 Å². The number of nitrogens with zero attached hydrogens (tertiary/aromatic N) is 1. The smallest absolute Gasteiger partial charge is 0.256 e. The standard InChI is InChI=1S/C47H36BNO2Si/c1-29-27-37-42-39(28-29)50-38-24-14-26-41-44(38)48(42)43-35(22-13-25-40(43)52(41,30-15-7-5-8-16-30)31-17-9-6-10-18-31)49(37)36-23-12-20-33-32-19-11-21-34(47(2,3)4)45(32)51-46(33)36/h5-28H,1-4H3. The summed E-state index contributed by atoms with van der Waals surface area (Å²) in [5.74, 6) is 1.91. The molecule has 0 bridgehead atoms. The molecule has 5 heteroatoms. The molecule has 0 aliphatic carbocycles. The number of furan rings is 1. The highest BCUT2D eigenvalue weighted by Gasteiger charge is 2.55. The van der Waals surface area contributed by atoms with Crippen molar-refractivity contribution in [3.05, 3.63) is 157 Å². The van der Waals surface area contributed by atoms with Crippen LogP contribution in [0.25, 0.3) is 21.9 Å². The predicted octanol–water partition coefficient (Wildman–Crippen LogP) is 7.29. The second-order valence-electron chi connectivity index (χ2n) is 15.7. The van der Waals surface area contributed by atoms with Crippen molar-refractivity contribution in [2.45, 2.75) is 33.1 Å². The van der Waals surface area contributed by atoms with Crippen LogP contribution in [0.1, 0.15) is 31.9 Å². The largest absolute Gasteiger partial charge is 0.458 e. The predicted molar refractivity (Wildman–Crippen MR) is 220 cm³/mol. The van der Waals surface area contributed by atoms with E-state index in [1.165, 1.54) is 48.4 Å². The summed E-state index contributed by atoms with van der Waals surface area (Å²) in [7, 11) is -2.84. The zero-order valence-electron chi connectivity index (χ0n) is 29.7. The van der Waals surface area contributed by atoms with Gasteiger partial charge in [-0.2, -0.15) is 0 Å². The minimum atomic E-state index is -2.84. The third-order valence-corrected chi connectivity index (χ3v) is 16.6. The first-order valence-corrected chi connectivity index (χ1v) is 20.3. The van der Waals surface area contributed by atoms with E-state index in [0.29, 0.717) is 0 Å². The zero-order chi connectivity index (χ0) is 34.9. The molecular formula is C47H36BNO2Si. The van der Waals surface area contributed by atoms with Crippen LogP contribution < -0.4 is 46.8 Å². The van der Waals surface area contributed by atoms with Crippen LogP contribution in [0.5, 0.6) is 11.5 Å². The highest BCUT2D eigenvalue weighted by molar-refractivity contribution is 7.27. The van der Waals surface area contributed by atoms with E-state index in [9.17, 15) is 0 Å². The van der Waals surface area contributed by atoms with Gasteiger partial charge >= 0.3 is 0 Å². The van der Waals surface area contributed by atoms with Crippen molar-refractivity contribution >= 4 is 90.9 Å². The van der Waals surface area contributed by atoms with Gasteiger partial charge in [0.05, 0.1) is 5.69 Å². The van der Waals surface area contributed by atoms with E-state index in [0.717, 1.165) is 50.4 Å². The van der Waals surface area contributed by atoms with Crippen molar-refractivity contribution < 1.29 is 9.15 Å². The Hall–Kier alpha value is -5.78. The number of para-hydroxylation sites is 2. The number of fused-ring (bicyclic) bond motifs is 3. The molecule has 3 aliphatic rings. The molecule has 52 heavy (non-hydrogen) atoms. The molecule has 1 aromatic heterocycles. The lowest BCUT2D eigenvalue weighted by Crippen LogP contribution is -2.87. The maximum Gasteiger partial charge on any atom is 0.256 e. The minimum absolute atomic E-state index is 0.0448. The molecule has 0 unspecified atom stereocenters. The molecule has 248 valence electrons. The normalized spacial score (nSPS) is 14.8. The second-order valence-corrected chi connectivity index (χ2v) is 19.4. The molecule has 0 atom stereocenters. The van der Waals surface area contributed by atoms with E-state index in [4.69, 9.17) is 9.15 Å². The quantitative estimate of drug-likeness (QED) is 0.183. The Balaban J connectivity index is 1.30. The van der Waals surface area contributed by atoms with Gasteiger partial charge < -0.3 is 14.1 Å². The first-order chi connectivity index (χ1) is 25.4. The lowest BCUT2D eigenvalue weighted by Gasteiger charge is -2.49. The van der Waals surface area contributed by atoms with Crippen LogP contribution in [0.4, 0.5) is 17.1 Å². The first-order valence-electron chi connectivity index (χ1n) is 18.3. The summed E-state index contributed by atoms with van der Waals surface area (Å²) in [6.07, 6.45) is 0.